The van der Waals surface area contributed by atoms with Crippen molar-refractivity contribution in [1.82, 2.24) is 5.32 Å². The maximum Gasteiger partial charge on any atom is 0.417 e. The molecule has 0 saturated heterocycles. The summed E-state index contributed by atoms with van der Waals surface area (Å²) < 4.78 is 44.8. The van der Waals surface area contributed by atoms with Crippen molar-refractivity contribution in [2.75, 3.05) is 31.6 Å². The first-order chi connectivity index (χ1) is 12.2. The third kappa shape index (κ3) is 5.51. The molecule has 0 unspecified atom stereocenters. The van der Waals surface area contributed by atoms with E-state index in [0.717, 1.165) is 12.1 Å². The topological polar surface area (TPSA) is 41.6 Å². The van der Waals surface area contributed by atoms with Crippen molar-refractivity contribution >= 4 is 23.2 Å². The number of rotatable bonds is 8. The molecule has 1 N–H and O–H groups in total. The van der Waals surface area contributed by atoms with E-state index >= 15 is 0 Å². The average molecular weight is 391 g/mol. The van der Waals surface area contributed by atoms with Crippen LogP contribution >= 0.6 is 11.6 Å². The Hall–Kier alpha value is -1.99. The zero-order valence-electron chi connectivity index (χ0n) is 14.9. The lowest BCUT2D eigenvalue weighted by Crippen LogP contribution is -2.37. The van der Waals surface area contributed by atoms with E-state index in [4.69, 9.17) is 16.3 Å². The van der Waals surface area contributed by atoms with Crippen LogP contribution in [0.3, 0.4) is 0 Å². The highest BCUT2D eigenvalue weighted by molar-refractivity contribution is 6.31. The molecule has 0 saturated carbocycles. The Balaban J connectivity index is 3.38. The molecule has 0 aliphatic rings. The Bertz CT molecular complexity index is 688. The van der Waals surface area contributed by atoms with E-state index < -0.39 is 22.7 Å². The molecule has 4 nitrogen and oxygen atoms in total. The van der Waals surface area contributed by atoms with Gasteiger partial charge >= 0.3 is 6.18 Å². The summed E-state index contributed by atoms with van der Waals surface area (Å²) in [4.78, 5) is 14.1. The van der Waals surface area contributed by atoms with E-state index in [0.29, 0.717) is 13.2 Å². The van der Waals surface area contributed by atoms with Crippen LogP contribution in [-0.2, 0) is 15.7 Å². The van der Waals surface area contributed by atoms with Crippen molar-refractivity contribution in [3.8, 4) is 0 Å². The number of halogens is 4. The van der Waals surface area contributed by atoms with Gasteiger partial charge in [0.15, 0.2) is 0 Å². The monoisotopic (exact) mass is 390 g/mol. The fraction of sp³-hybridized carbons (Fsp3) is 0.389. The molecule has 0 aliphatic carbocycles. The van der Waals surface area contributed by atoms with E-state index in [1.54, 1.807) is 20.9 Å². The number of nitrogens with one attached hydrogen (secondary N) is 1. The molecule has 0 heterocycles. The van der Waals surface area contributed by atoms with Crippen molar-refractivity contribution < 1.29 is 22.7 Å². The second-order valence-corrected chi connectivity index (χ2v) is 5.76. The van der Waals surface area contributed by atoms with Gasteiger partial charge in [-0.15, -0.1) is 0 Å². The van der Waals surface area contributed by atoms with Gasteiger partial charge in [0.1, 0.15) is 5.76 Å². The van der Waals surface area contributed by atoms with E-state index in [9.17, 15) is 18.0 Å². The maximum absolute atomic E-state index is 13.1. The van der Waals surface area contributed by atoms with Gasteiger partial charge in [0.05, 0.1) is 22.8 Å². The highest BCUT2D eigenvalue weighted by Gasteiger charge is 2.34. The fourth-order valence-corrected chi connectivity index (χ4v) is 2.48. The third-order valence-corrected chi connectivity index (χ3v) is 3.90. The molecule has 1 rings (SSSR count). The number of hydrogen-bond acceptors (Lipinski definition) is 3. The van der Waals surface area contributed by atoms with Crippen LogP contribution in [0.5, 0.6) is 0 Å². The number of alkyl halides is 3. The number of nitrogens with zero attached hydrogens (tertiary/aromatic N) is 1. The fourth-order valence-electron chi connectivity index (χ4n) is 2.25. The van der Waals surface area contributed by atoms with E-state index in [1.807, 2.05) is 0 Å². The number of likely N-dealkylation sites (N-methyl/N-ethyl adjacent to an activating group) is 1. The summed E-state index contributed by atoms with van der Waals surface area (Å²) in [5, 5.41) is 2.46. The minimum atomic E-state index is -4.62. The van der Waals surface area contributed by atoms with E-state index in [2.05, 4.69) is 11.9 Å². The van der Waals surface area contributed by atoms with Gasteiger partial charge in [0, 0.05) is 18.8 Å². The number of anilines is 1. The minimum Gasteiger partial charge on any atom is -0.493 e. The Kier molecular flexibility index (Phi) is 8.17. The molecule has 0 atom stereocenters. The lowest BCUT2D eigenvalue weighted by Gasteiger charge is -2.25. The first-order valence-corrected chi connectivity index (χ1v) is 8.34. The first-order valence-electron chi connectivity index (χ1n) is 7.96. The minimum absolute atomic E-state index is 0.0984. The number of carbonyl (C=O) groups is 1. The van der Waals surface area contributed by atoms with Crippen LogP contribution in [0.2, 0.25) is 5.02 Å². The maximum atomic E-state index is 13.1. The van der Waals surface area contributed by atoms with Crippen LogP contribution in [0.25, 0.3) is 0 Å². The van der Waals surface area contributed by atoms with E-state index in [-0.39, 0.29) is 23.6 Å². The van der Waals surface area contributed by atoms with Crippen LogP contribution in [-0.4, -0.2) is 32.7 Å². The van der Waals surface area contributed by atoms with Crippen molar-refractivity contribution in [1.29, 1.82) is 0 Å². The smallest absolute Gasteiger partial charge is 0.417 e. The van der Waals surface area contributed by atoms with Gasteiger partial charge in [-0.05, 0) is 45.2 Å². The summed E-state index contributed by atoms with van der Waals surface area (Å²) in [6, 6.07) is 3.39. The SMILES string of the molecule is C=CC(OCC)=C(C)C(=O)N(CCNC)c1ccc(Cl)c(C(F)(F)F)c1. The summed E-state index contributed by atoms with van der Waals surface area (Å²) in [6.07, 6.45) is -3.22. The molecule has 0 bridgehead atoms. The standard InChI is InChI=1S/C18H22ClF3N2O2/c1-5-16(26-6-2)12(3)17(25)24(10-9-23-4)13-7-8-15(19)14(11-13)18(20,21)22/h5,7-8,11,23H,1,6,9-10H2,2-4H3. The molecule has 1 aromatic carbocycles. The summed E-state index contributed by atoms with van der Waals surface area (Å²) in [6.45, 7) is 7.80. The zero-order chi connectivity index (χ0) is 19.9. The molecule has 0 aromatic heterocycles. The molecule has 1 aromatic rings. The molecule has 0 fully saturated rings. The van der Waals surface area contributed by atoms with Gasteiger partial charge in [0.25, 0.3) is 5.91 Å². The summed E-state index contributed by atoms with van der Waals surface area (Å²) in [5.41, 5.74) is -0.642. The number of ether oxygens (including phenoxy) is 1. The van der Waals surface area contributed by atoms with Gasteiger partial charge < -0.3 is 15.0 Å². The molecule has 1 amide bonds. The Morgan fingerprint density at radius 1 is 1.42 bits per heavy atom. The molecule has 144 valence electrons. The normalized spacial score (nSPS) is 12.4. The number of carbonyl (C=O) groups excluding carboxylic acids is 1. The number of amides is 1. The van der Waals surface area contributed by atoms with Crippen molar-refractivity contribution in [3.63, 3.8) is 0 Å². The summed E-state index contributed by atoms with van der Waals surface area (Å²) in [7, 11) is 1.68. The van der Waals surface area contributed by atoms with Gasteiger partial charge in [-0.3, -0.25) is 4.79 Å². The predicted molar refractivity (Wildman–Crippen MR) is 97.3 cm³/mol. The molecule has 0 aliphatic heterocycles. The van der Waals surface area contributed by atoms with Gasteiger partial charge in [-0.25, -0.2) is 0 Å². The van der Waals surface area contributed by atoms with Crippen molar-refractivity contribution in [2.45, 2.75) is 20.0 Å². The molecule has 0 spiro atoms. The number of hydrogen-bond donors (Lipinski definition) is 1. The highest BCUT2D eigenvalue weighted by atomic mass is 35.5. The largest absolute Gasteiger partial charge is 0.493 e. The average Bonchev–Trinajstić information content (AvgIpc) is 2.59. The van der Waals surface area contributed by atoms with Gasteiger partial charge in [-0.1, -0.05) is 18.2 Å². The van der Waals surface area contributed by atoms with Crippen molar-refractivity contribution in [3.05, 3.63) is 52.8 Å². The van der Waals surface area contributed by atoms with Crippen LogP contribution in [0, 0.1) is 0 Å². The quantitative estimate of drug-likeness (QED) is 0.406. The van der Waals surface area contributed by atoms with Crippen LogP contribution in [0.15, 0.2) is 42.2 Å². The van der Waals surface area contributed by atoms with E-state index in [1.165, 1.54) is 17.0 Å². The predicted octanol–water partition coefficient (Wildman–Crippen LogP) is 4.41. The second kappa shape index (κ2) is 9.64. The number of allylic oxidation sites excluding steroid dienone is 1. The molecule has 0 radical (unpaired) electrons. The van der Waals surface area contributed by atoms with Crippen LogP contribution in [0.1, 0.15) is 19.4 Å². The van der Waals surface area contributed by atoms with Gasteiger partial charge in [0.2, 0.25) is 0 Å². The zero-order valence-corrected chi connectivity index (χ0v) is 15.7. The molecule has 8 heteroatoms. The lowest BCUT2D eigenvalue weighted by molar-refractivity contribution is -0.137. The lowest BCUT2D eigenvalue weighted by atomic mass is 10.1. The van der Waals surface area contributed by atoms with Gasteiger partial charge in [-0.2, -0.15) is 13.2 Å². The van der Waals surface area contributed by atoms with Crippen molar-refractivity contribution in [2.24, 2.45) is 0 Å². The number of benzene rings is 1. The summed E-state index contributed by atoms with van der Waals surface area (Å²) in [5.74, 6) is -0.184. The van der Waals surface area contributed by atoms with Crippen LogP contribution in [0.4, 0.5) is 18.9 Å². The Labute approximate surface area is 156 Å². The highest BCUT2D eigenvalue weighted by Crippen LogP contribution is 2.37. The van der Waals surface area contributed by atoms with Crippen LogP contribution < -0.4 is 10.2 Å². The molecular formula is C18H22ClF3N2O2. The first kappa shape index (κ1) is 22.1. The Morgan fingerprint density at radius 2 is 2.08 bits per heavy atom. The molecule has 26 heavy (non-hydrogen) atoms. The summed E-state index contributed by atoms with van der Waals surface area (Å²) >= 11 is 5.67. The molecular weight excluding hydrogens is 369 g/mol. The second-order valence-electron chi connectivity index (χ2n) is 5.35. The third-order valence-electron chi connectivity index (χ3n) is 3.57. The Morgan fingerprint density at radius 3 is 2.58 bits per heavy atom.